The topological polar surface area (TPSA) is 134 Å². The van der Waals surface area contributed by atoms with E-state index in [1.54, 1.807) is 12.3 Å². The van der Waals surface area contributed by atoms with Crippen LogP contribution in [0.5, 0.6) is 0 Å². The summed E-state index contributed by atoms with van der Waals surface area (Å²) in [6.45, 7) is 0.665. The highest BCUT2D eigenvalue weighted by Gasteiger charge is 2.06. The van der Waals surface area contributed by atoms with Crippen LogP contribution >= 0.6 is 0 Å². The zero-order valence-corrected chi connectivity index (χ0v) is 20.5. The molecule has 0 fully saturated rings. The van der Waals surface area contributed by atoms with Gasteiger partial charge in [0.25, 0.3) is 0 Å². The molecule has 0 amide bonds. The van der Waals surface area contributed by atoms with E-state index in [-0.39, 0.29) is 5.69 Å². The first kappa shape index (κ1) is 28.2. The van der Waals surface area contributed by atoms with E-state index < -0.39 is 11.9 Å². The highest BCUT2D eigenvalue weighted by atomic mass is 16.5. The number of benzene rings is 2. The van der Waals surface area contributed by atoms with Crippen molar-refractivity contribution in [3.63, 3.8) is 0 Å². The van der Waals surface area contributed by atoms with Gasteiger partial charge in [-0.15, -0.1) is 0 Å². The van der Waals surface area contributed by atoms with E-state index >= 15 is 0 Å². The number of hydrogen-bond donors (Lipinski definition) is 2. The second-order valence-corrected chi connectivity index (χ2v) is 7.26. The summed E-state index contributed by atoms with van der Waals surface area (Å²) >= 11 is 0. The Morgan fingerprint density at radius 3 is 1.73 bits per heavy atom. The number of anilines is 2. The number of hydrogen-bond acceptors (Lipinski definition) is 9. The van der Waals surface area contributed by atoms with Crippen LogP contribution < -0.4 is 11.1 Å². The minimum absolute atomic E-state index is 0.197. The van der Waals surface area contributed by atoms with E-state index in [1.807, 2.05) is 66.7 Å². The van der Waals surface area contributed by atoms with Gasteiger partial charge in [0, 0.05) is 35.9 Å². The van der Waals surface area contributed by atoms with Crippen molar-refractivity contribution in [1.82, 2.24) is 9.97 Å². The first-order valence-corrected chi connectivity index (χ1v) is 11.1. The summed E-state index contributed by atoms with van der Waals surface area (Å²) in [6, 6.07) is 25.9. The average molecular weight is 501 g/mol. The zero-order valence-electron chi connectivity index (χ0n) is 20.5. The van der Waals surface area contributed by atoms with Crippen molar-refractivity contribution in [3.05, 3.63) is 120 Å². The van der Waals surface area contributed by atoms with Crippen LogP contribution in [0.15, 0.2) is 97.3 Å². The maximum atomic E-state index is 11.2. The van der Waals surface area contributed by atoms with E-state index in [1.165, 1.54) is 32.5 Å². The van der Waals surface area contributed by atoms with Gasteiger partial charge < -0.3 is 20.5 Å². The molecule has 0 bridgehead atoms. The molecule has 9 heteroatoms. The molecular weight excluding hydrogens is 472 g/mol. The van der Waals surface area contributed by atoms with Crippen LogP contribution in [0.1, 0.15) is 36.9 Å². The number of ether oxygens (including phenoxy) is 2. The first-order valence-electron chi connectivity index (χ1n) is 11.1. The Bertz CT molecular complexity index is 1230. The number of rotatable bonds is 6. The van der Waals surface area contributed by atoms with Crippen LogP contribution in [0.25, 0.3) is 0 Å². The van der Waals surface area contributed by atoms with E-state index in [2.05, 4.69) is 24.8 Å². The molecule has 0 spiro atoms. The van der Waals surface area contributed by atoms with Gasteiger partial charge >= 0.3 is 11.9 Å². The Morgan fingerprint density at radius 1 is 0.784 bits per heavy atom. The van der Waals surface area contributed by atoms with Crippen molar-refractivity contribution in [3.8, 4) is 0 Å². The molecule has 0 unspecified atom stereocenters. The number of nitrogens with two attached hydrogens (primary N) is 1. The average Bonchev–Trinajstić information content (AvgIpc) is 2.97. The monoisotopic (exact) mass is 500 g/mol. The third kappa shape index (κ3) is 10.4. The number of carbonyl (C=O) groups excluding carboxylic acids is 3. The van der Waals surface area contributed by atoms with E-state index in [4.69, 9.17) is 5.73 Å². The highest BCUT2D eigenvalue weighted by Crippen LogP contribution is 2.08. The Hall–Kier alpha value is -5.05. The summed E-state index contributed by atoms with van der Waals surface area (Å²) in [6.07, 6.45) is 3.65. The summed E-state index contributed by atoms with van der Waals surface area (Å²) in [5.74, 6) is -0.926. The molecule has 2 aromatic heterocycles. The SMILES string of the molecule is COC(=O)c1ccc(C=O)cn1.COC(=O)c1ccc(CNc2ccccc2)cn1.Nc1ccccc1. The third-order valence-electron chi connectivity index (χ3n) is 4.61. The van der Waals surface area contributed by atoms with Gasteiger partial charge in [-0.1, -0.05) is 42.5 Å². The Kier molecular flexibility index (Phi) is 12.0. The van der Waals surface area contributed by atoms with Crippen molar-refractivity contribution < 1.29 is 23.9 Å². The Morgan fingerprint density at radius 2 is 1.32 bits per heavy atom. The molecular formula is C28H28N4O5. The molecule has 37 heavy (non-hydrogen) atoms. The fraction of sp³-hybridized carbons (Fsp3) is 0.107. The molecule has 2 aromatic carbocycles. The number of aromatic nitrogens is 2. The summed E-state index contributed by atoms with van der Waals surface area (Å²) in [5.41, 5.74) is 9.19. The number of nitrogens with one attached hydrogen (secondary N) is 1. The highest BCUT2D eigenvalue weighted by molar-refractivity contribution is 5.88. The number of nitrogens with zero attached hydrogens (tertiary/aromatic N) is 2. The van der Waals surface area contributed by atoms with Gasteiger partial charge in [0.2, 0.25) is 0 Å². The Balaban J connectivity index is 0.000000217. The van der Waals surface area contributed by atoms with Gasteiger partial charge in [0.1, 0.15) is 11.4 Å². The van der Waals surface area contributed by atoms with Crippen molar-refractivity contribution in [2.24, 2.45) is 0 Å². The minimum atomic E-state index is -0.507. The molecule has 0 aliphatic rings. The number of esters is 2. The molecule has 0 aliphatic carbocycles. The molecule has 3 N–H and O–H groups in total. The summed E-state index contributed by atoms with van der Waals surface area (Å²) in [7, 11) is 2.62. The predicted octanol–water partition coefficient (Wildman–Crippen LogP) is 4.43. The van der Waals surface area contributed by atoms with Crippen LogP contribution in [0.2, 0.25) is 0 Å². The molecule has 0 atom stereocenters. The molecule has 0 radical (unpaired) electrons. The molecule has 9 nitrogen and oxygen atoms in total. The smallest absolute Gasteiger partial charge is 0.356 e. The van der Waals surface area contributed by atoms with Gasteiger partial charge in [-0.2, -0.15) is 0 Å². The predicted molar refractivity (Wildman–Crippen MR) is 141 cm³/mol. The fourth-order valence-corrected chi connectivity index (χ4v) is 2.67. The number of para-hydroxylation sites is 2. The second-order valence-electron chi connectivity index (χ2n) is 7.26. The van der Waals surface area contributed by atoms with Gasteiger partial charge in [-0.05, 0) is 48.0 Å². The van der Waals surface area contributed by atoms with E-state index in [0.29, 0.717) is 24.1 Å². The number of pyridine rings is 2. The summed E-state index contributed by atoms with van der Waals surface area (Å²) in [4.78, 5) is 40.0. The third-order valence-corrected chi connectivity index (χ3v) is 4.61. The lowest BCUT2D eigenvalue weighted by Gasteiger charge is -2.06. The lowest BCUT2D eigenvalue weighted by Crippen LogP contribution is -2.05. The fourth-order valence-electron chi connectivity index (χ4n) is 2.67. The molecule has 0 aliphatic heterocycles. The van der Waals surface area contributed by atoms with E-state index in [0.717, 1.165) is 16.9 Å². The van der Waals surface area contributed by atoms with Gasteiger partial charge in [0.15, 0.2) is 6.29 Å². The molecule has 4 rings (SSSR count). The van der Waals surface area contributed by atoms with Gasteiger partial charge in [-0.3, -0.25) is 4.79 Å². The van der Waals surface area contributed by atoms with E-state index in [9.17, 15) is 14.4 Å². The number of aldehydes is 1. The van der Waals surface area contributed by atoms with Gasteiger partial charge in [0.05, 0.1) is 14.2 Å². The lowest BCUT2D eigenvalue weighted by atomic mass is 10.2. The van der Waals surface area contributed by atoms with Crippen molar-refractivity contribution in [2.45, 2.75) is 6.54 Å². The van der Waals surface area contributed by atoms with Crippen LogP contribution in [0.3, 0.4) is 0 Å². The molecule has 0 saturated heterocycles. The van der Waals surface area contributed by atoms with Crippen molar-refractivity contribution in [1.29, 1.82) is 0 Å². The largest absolute Gasteiger partial charge is 0.464 e. The molecule has 190 valence electrons. The summed E-state index contributed by atoms with van der Waals surface area (Å²) in [5, 5.41) is 3.27. The normalized spacial score (nSPS) is 9.35. The Labute approximate surface area is 215 Å². The zero-order chi connectivity index (χ0) is 26.9. The van der Waals surface area contributed by atoms with Gasteiger partial charge in [-0.25, -0.2) is 19.6 Å². The molecule has 0 saturated carbocycles. The minimum Gasteiger partial charge on any atom is -0.464 e. The maximum absolute atomic E-state index is 11.2. The standard InChI is InChI=1S/C14H14N2O2.C8H7NO3.C6H7N/c1-18-14(17)13-8-7-11(10-16-13)9-15-12-5-3-2-4-6-12;1-12-8(11)7-3-2-6(5-10)4-9-7;7-6-4-2-1-3-5-6/h2-8,10,15H,9H2,1H3;2-5H,1H3;1-5H,7H2. The number of carbonyl (C=O) groups is 3. The lowest BCUT2D eigenvalue weighted by molar-refractivity contribution is 0.0585. The van der Waals surface area contributed by atoms with Crippen molar-refractivity contribution >= 4 is 29.6 Å². The second kappa shape index (κ2) is 15.8. The molecule has 4 aromatic rings. The van der Waals surface area contributed by atoms with Crippen LogP contribution in [-0.4, -0.2) is 42.4 Å². The first-order chi connectivity index (χ1) is 18.0. The molecule has 2 heterocycles. The quantitative estimate of drug-likeness (QED) is 0.224. The van der Waals surface area contributed by atoms with Crippen LogP contribution in [0.4, 0.5) is 11.4 Å². The maximum Gasteiger partial charge on any atom is 0.356 e. The number of methoxy groups -OCH3 is 2. The summed E-state index contributed by atoms with van der Waals surface area (Å²) < 4.78 is 9.01. The number of nitrogen functional groups attached to an aromatic ring is 1. The van der Waals surface area contributed by atoms with Crippen molar-refractivity contribution in [2.75, 3.05) is 25.3 Å². The van der Waals surface area contributed by atoms with Crippen LogP contribution in [-0.2, 0) is 16.0 Å². The van der Waals surface area contributed by atoms with Crippen LogP contribution in [0, 0.1) is 0 Å².